The molecule has 3 rings (SSSR count). The molecule has 2 aliphatic rings. The highest BCUT2D eigenvalue weighted by molar-refractivity contribution is 7.89. The summed E-state index contributed by atoms with van der Waals surface area (Å²) in [4.78, 5) is 4.34. The molecule has 0 spiro atoms. The van der Waals surface area contributed by atoms with Gasteiger partial charge in [0, 0.05) is 32.0 Å². The van der Waals surface area contributed by atoms with Gasteiger partial charge in [0.15, 0.2) is 5.82 Å². The highest BCUT2D eigenvalue weighted by Crippen LogP contribution is 2.29. The van der Waals surface area contributed by atoms with Gasteiger partial charge in [-0.05, 0) is 19.3 Å². The van der Waals surface area contributed by atoms with Crippen LogP contribution in [0.3, 0.4) is 0 Å². The van der Waals surface area contributed by atoms with E-state index in [0.717, 1.165) is 12.8 Å². The van der Waals surface area contributed by atoms with Crippen molar-refractivity contribution in [1.29, 1.82) is 0 Å². The van der Waals surface area contributed by atoms with Crippen LogP contribution in [-0.2, 0) is 21.2 Å². The lowest BCUT2D eigenvalue weighted by Crippen LogP contribution is -2.44. The van der Waals surface area contributed by atoms with E-state index in [1.54, 1.807) is 4.31 Å². The van der Waals surface area contributed by atoms with Gasteiger partial charge in [-0.2, -0.15) is 4.98 Å². The van der Waals surface area contributed by atoms with Crippen molar-refractivity contribution in [3.8, 4) is 0 Å². The first-order valence-corrected chi connectivity index (χ1v) is 9.00. The number of sulfonamides is 1. The first-order chi connectivity index (χ1) is 10.1. The molecule has 0 N–H and O–H groups in total. The summed E-state index contributed by atoms with van der Waals surface area (Å²) in [5, 5.41) is 3.60. The number of hydrogen-bond acceptors (Lipinski definition) is 6. The minimum absolute atomic E-state index is 0.0277. The Bertz CT molecular complexity index is 580. The summed E-state index contributed by atoms with van der Waals surface area (Å²) in [5.74, 6) is 1.27. The van der Waals surface area contributed by atoms with Gasteiger partial charge in [0.25, 0.3) is 0 Å². The quantitative estimate of drug-likeness (QED) is 0.821. The first kappa shape index (κ1) is 14.9. The monoisotopic (exact) mass is 315 g/mol. The summed E-state index contributed by atoms with van der Waals surface area (Å²) in [6.45, 7) is 3.82. The summed E-state index contributed by atoms with van der Waals surface area (Å²) < 4.78 is 37.2. The zero-order valence-corrected chi connectivity index (χ0v) is 13.0. The van der Waals surface area contributed by atoms with Crippen LogP contribution >= 0.6 is 0 Å². The highest BCUT2D eigenvalue weighted by Gasteiger charge is 2.38. The standard InChI is InChI=1S/C13H21N3O4S/c1-2-12-14-13(15-20-12)10-4-3-6-16(8-10)21(17,18)11-5-7-19-9-11/h10-11H,2-9H2,1H3/t10-,11-/m1/s1. The topological polar surface area (TPSA) is 85.5 Å². The Morgan fingerprint density at radius 1 is 1.38 bits per heavy atom. The van der Waals surface area contributed by atoms with Crippen LogP contribution in [0.25, 0.3) is 0 Å². The van der Waals surface area contributed by atoms with E-state index in [1.165, 1.54) is 0 Å². The van der Waals surface area contributed by atoms with Crippen LogP contribution < -0.4 is 0 Å². The minimum Gasteiger partial charge on any atom is -0.380 e. The molecule has 0 bridgehead atoms. The molecular weight excluding hydrogens is 294 g/mol. The fourth-order valence-corrected chi connectivity index (χ4v) is 4.78. The largest absolute Gasteiger partial charge is 0.380 e. The maximum atomic E-state index is 12.6. The van der Waals surface area contributed by atoms with Gasteiger partial charge in [-0.3, -0.25) is 0 Å². The Labute approximate surface area is 124 Å². The second kappa shape index (κ2) is 6.02. The average molecular weight is 315 g/mol. The molecule has 2 atom stereocenters. The summed E-state index contributed by atoms with van der Waals surface area (Å²) in [7, 11) is -3.28. The van der Waals surface area contributed by atoms with Gasteiger partial charge in [0.2, 0.25) is 15.9 Å². The number of nitrogens with zero attached hydrogens (tertiary/aromatic N) is 3. The molecule has 0 unspecified atom stereocenters. The molecule has 21 heavy (non-hydrogen) atoms. The molecule has 0 radical (unpaired) electrons. The molecule has 0 amide bonds. The van der Waals surface area contributed by atoms with Gasteiger partial charge < -0.3 is 9.26 Å². The summed E-state index contributed by atoms with van der Waals surface area (Å²) in [5.41, 5.74) is 0. The maximum Gasteiger partial charge on any atom is 0.226 e. The molecule has 0 aromatic carbocycles. The van der Waals surface area contributed by atoms with Gasteiger partial charge in [0.05, 0.1) is 6.61 Å². The normalized spacial score (nSPS) is 28.0. The van der Waals surface area contributed by atoms with Gasteiger partial charge in [-0.1, -0.05) is 12.1 Å². The zero-order chi connectivity index (χ0) is 14.9. The molecule has 2 aliphatic heterocycles. The van der Waals surface area contributed by atoms with Gasteiger partial charge in [-0.15, -0.1) is 0 Å². The van der Waals surface area contributed by atoms with E-state index in [-0.39, 0.29) is 5.92 Å². The molecule has 1 aromatic heterocycles. The third kappa shape index (κ3) is 2.97. The third-order valence-corrected chi connectivity index (χ3v) is 6.47. The van der Waals surface area contributed by atoms with Crippen molar-refractivity contribution in [1.82, 2.24) is 14.4 Å². The van der Waals surface area contributed by atoms with E-state index in [2.05, 4.69) is 10.1 Å². The lowest BCUT2D eigenvalue weighted by Gasteiger charge is -2.32. The predicted molar refractivity (Wildman–Crippen MR) is 75.4 cm³/mol. The Morgan fingerprint density at radius 3 is 2.90 bits per heavy atom. The van der Waals surface area contributed by atoms with Crippen LogP contribution in [0.15, 0.2) is 4.52 Å². The van der Waals surface area contributed by atoms with Crippen LogP contribution in [0.2, 0.25) is 0 Å². The van der Waals surface area contributed by atoms with Crippen molar-refractivity contribution >= 4 is 10.0 Å². The number of rotatable bonds is 4. The van der Waals surface area contributed by atoms with Crippen molar-refractivity contribution in [2.45, 2.75) is 43.8 Å². The minimum atomic E-state index is -3.28. The van der Waals surface area contributed by atoms with Crippen LogP contribution in [0.5, 0.6) is 0 Å². The Morgan fingerprint density at radius 2 is 2.24 bits per heavy atom. The molecule has 3 heterocycles. The van der Waals surface area contributed by atoms with Crippen molar-refractivity contribution in [3.05, 3.63) is 11.7 Å². The smallest absolute Gasteiger partial charge is 0.226 e. The Hall–Kier alpha value is -0.990. The predicted octanol–water partition coefficient (Wildman–Crippen LogP) is 0.930. The molecule has 8 heteroatoms. The molecule has 0 saturated carbocycles. The number of aryl methyl sites for hydroxylation is 1. The molecule has 7 nitrogen and oxygen atoms in total. The van der Waals surface area contributed by atoms with E-state index in [9.17, 15) is 8.42 Å². The summed E-state index contributed by atoms with van der Waals surface area (Å²) in [6.07, 6.45) is 3.01. The van der Waals surface area contributed by atoms with Crippen molar-refractivity contribution in [3.63, 3.8) is 0 Å². The van der Waals surface area contributed by atoms with Crippen LogP contribution in [0.1, 0.15) is 43.8 Å². The van der Waals surface area contributed by atoms with E-state index in [0.29, 0.717) is 50.9 Å². The fourth-order valence-electron chi connectivity index (χ4n) is 2.92. The van der Waals surface area contributed by atoms with Crippen LogP contribution in [0.4, 0.5) is 0 Å². The number of aromatic nitrogens is 2. The zero-order valence-electron chi connectivity index (χ0n) is 12.2. The van der Waals surface area contributed by atoms with Gasteiger partial charge in [0.1, 0.15) is 5.25 Å². The molecule has 1 aromatic rings. The lowest BCUT2D eigenvalue weighted by molar-refractivity contribution is 0.197. The van der Waals surface area contributed by atoms with E-state index in [1.807, 2.05) is 6.92 Å². The average Bonchev–Trinajstić information content (AvgIpc) is 3.19. The summed E-state index contributed by atoms with van der Waals surface area (Å²) >= 11 is 0. The van der Waals surface area contributed by atoms with E-state index < -0.39 is 15.3 Å². The second-order valence-corrected chi connectivity index (χ2v) is 7.84. The van der Waals surface area contributed by atoms with Crippen molar-refractivity contribution < 1.29 is 17.7 Å². The van der Waals surface area contributed by atoms with E-state index >= 15 is 0 Å². The van der Waals surface area contributed by atoms with Crippen molar-refractivity contribution in [2.24, 2.45) is 0 Å². The van der Waals surface area contributed by atoms with Gasteiger partial charge in [-0.25, -0.2) is 12.7 Å². The third-order valence-electron chi connectivity index (χ3n) is 4.20. The molecule has 2 saturated heterocycles. The van der Waals surface area contributed by atoms with E-state index in [4.69, 9.17) is 9.26 Å². The van der Waals surface area contributed by atoms with Gasteiger partial charge >= 0.3 is 0 Å². The summed E-state index contributed by atoms with van der Waals surface area (Å²) in [6, 6.07) is 0. The number of piperidine rings is 1. The maximum absolute atomic E-state index is 12.6. The molecular formula is C13H21N3O4S. The molecule has 0 aliphatic carbocycles. The SMILES string of the molecule is CCc1nc([C@@H]2CCCN(S(=O)(=O)[C@@H]3CCOC3)C2)no1. The van der Waals surface area contributed by atoms with Crippen LogP contribution in [-0.4, -0.2) is 54.4 Å². The molecule has 118 valence electrons. The Balaban J connectivity index is 1.73. The van der Waals surface area contributed by atoms with Crippen molar-refractivity contribution in [2.75, 3.05) is 26.3 Å². The highest BCUT2D eigenvalue weighted by atomic mass is 32.2. The molecule has 2 fully saturated rings. The number of ether oxygens (including phenoxy) is 1. The first-order valence-electron chi connectivity index (χ1n) is 7.50. The lowest BCUT2D eigenvalue weighted by atomic mass is 9.99. The van der Waals surface area contributed by atoms with Crippen LogP contribution in [0, 0.1) is 0 Å². The number of hydrogen-bond donors (Lipinski definition) is 0. The fraction of sp³-hybridized carbons (Fsp3) is 0.846. The second-order valence-electron chi connectivity index (χ2n) is 5.63. The Kier molecular flexibility index (Phi) is 4.28.